The normalized spacial score (nSPS) is 10.5. The summed E-state index contributed by atoms with van der Waals surface area (Å²) in [6, 6.07) is 5.88. The van der Waals surface area contributed by atoms with Gasteiger partial charge in [0, 0.05) is 6.42 Å². The molecule has 0 saturated carbocycles. The molecule has 1 rings (SSSR count). The van der Waals surface area contributed by atoms with E-state index >= 15 is 0 Å². The molecule has 0 aliphatic heterocycles. The van der Waals surface area contributed by atoms with Crippen molar-refractivity contribution in [2.45, 2.75) is 12.8 Å². The summed E-state index contributed by atoms with van der Waals surface area (Å²) >= 11 is 0. The lowest BCUT2D eigenvalue weighted by Crippen LogP contribution is -2.29. The van der Waals surface area contributed by atoms with Crippen molar-refractivity contribution in [3.8, 4) is 0 Å². The van der Waals surface area contributed by atoms with Crippen LogP contribution >= 0.6 is 0 Å². The molecule has 0 amide bonds. The topological polar surface area (TPSA) is 40.5 Å². The van der Waals surface area contributed by atoms with Gasteiger partial charge in [-0.05, 0) is 11.0 Å². The summed E-state index contributed by atoms with van der Waals surface area (Å²) < 4.78 is 23.9. The maximum atomic E-state index is 11.9. The summed E-state index contributed by atoms with van der Waals surface area (Å²) in [5.41, 5.74) is 0.638. The zero-order chi connectivity index (χ0) is 9.84. The second kappa shape index (κ2) is 4.34. The Morgan fingerprint density at radius 1 is 1.31 bits per heavy atom. The van der Waals surface area contributed by atoms with E-state index in [1.54, 1.807) is 0 Å². The fourth-order valence-corrected chi connectivity index (χ4v) is 1.06. The Kier molecular flexibility index (Phi) is 3.39. The summed E-state index contributed by atoms with van der Waals surface area (Å²) in [6.45, 7) is 0. The van der Waals surface area contributed by atoms with Crippen LogP contribution in [0.2, 0.25) is 0 Å². The fraction of sp³-hybridized carbons (Fsp3) is 0.250. The summed E-state index contributed by atoms with van der Waals surface area (Å²) in [4.78, 5) is 0. The van der Waals surface area contributed by atoms with Gasteiger partial charge in [-0.2, -0.15) is 0 Å². The first-order chi connectivity index (χ1) is 6.09. The van der Waals surface area contributed by atoms with Gasteiger partial charge in [-0.3, -0.25) is 0 Å². The van der Waals surface area contributed by atoms with Crippen LogP contribution in [0.25, 0.3) is 0 Å². The van der Waals surface area contributed by atoms with E-state index in [-0.39, 0.29) is 11.9 Å². The number of benzene rings is 1. The van der Waals surface area contributed by atoms with Crippen LogP contribution in [0, 0.1) is 0 Å². The Morgan fingerprint density at radius 2 is 2.00 bits per heavy atom. The average Bonchev–Trinajstić information content (AvgIpc) is 2.03. The van der Waals surface area contributed by atoms with E-state index in [1.807, 2.05) is 0 Å². The van der Waals surface area contributed by atoms with Crippen LogP contribution in [0.5, 0.6) is 0 Å². The molecule has 2 nitrogen and oxygen atoms in total. The Bertz CT molecular complexity index is 279. The van der Waals surface area contributed by atoms with Gasteiger partial charge in [-0.15, -0.1) is 0 Å². The predicted molar refractivity (Wildman–Crippen MR) is 46.0 cm³/mol. The molecular weight excluding hydrogens is 177 g/mol. The van der Waals surface area contributed by atoms with E-state index in [1.165, 1.54) is 24.3 Å². The number of hydrogen-bond donors (Lipinski definition) is 2. The molecule has 2 N–H and O–H groups in total. The number of alkyl halides is 2. The summed E-state index contributed by atoms with van der Waals surface area (Å²) in [5.74, 6) is 0. The third kappa shape index (κ3) is 3.12. The van der Waals surface area contributed by atoms with Gasteiger partial charge < -0.3 is 10.0 Å². The van der Waals surface area contributed by atoms with E-state index in [4.69, 9.17) is 10.0 Å². The van der Waals surface area contributed by atoms with Crippen molar-refractivity contribution >= 4 is 12.6 Å². The molecule has 5 heteroatoms. The molecule has 0 radical (unpaired) electrons. The average molecular weight is 186 g/mol. The molecular formula is C8H9BF2O2. The Labute approximate surface area is 75.0 Å². The second-order valence-corrected chi connectivity index (χ2v) is 2.71. The first kappa shape index (κ1) is 10.1. The van der Waals surface area contributed by atoms with E-state index < -0.39 is 13.5 Å². The van der Waals surface area contributed by atoms with Gasteiger partial charge >= 0.3 is 7.12 Å². The highest BCUT2D eigenvalue weighted by molar-refractivity contribution is 6.58. The fourth-order valence-electron chi connectivity index (χ4n) is 1.06. The van der Waals surface area contributed by atoms with Gasteiger partial charge in [0.25, 0.3) is 0 Å². The molecule has 1 aromatic carbocycles. The monoisotopic (exact) mass is 186 g/mol. The SMILES string of the molecule is OB(O)c1cccc(CC(F)F)c1. The van der Waals surface area contributed by atoms with Crippen molar-refractivity contribution in [3.05, 3.63) is 29.8 Å². The summed E-state index contributed by atoms with van der Waals surface area (Å²) in [5, 5.41) is 17.5. The minimum atomic E-state index is -2.41. The van der Waals surface area contributed by atoms with Crippen molar-refractivity contribution in [1.82, 2.24) is 0 Å². The molecule has 0 unspecified atom stereocenters. The molecule has 1 aromatic rings. The quantitative estimate of drug-likeness (QED) is 0.660. The molecule has 0 aromatic heterocycles. The molecule has 0 saturated heterocycles. The van der Waals surface area contributed by atoms with Crippen LogP contribution in [0.3, 0.4) is 0 Å². The molecule has 70 valence electrons. The molecule has 13 heavy (non-hydrogen) atoms. The van der Waals surface area contributed by atoms with Gasteiger partial charge in [0.15, 0.2) is 0 Å². The standard InChI is InChI=1S/C8H9BF2O2/c10-8(11)5-6-2-1-3-7(4-6)9(12)13/h1-4,8,12-13H,5H2. The maximum Gasteiger partial charge on any atom is 0.488 e. The van der Waals surface area contributed by atoms with Crippen LogP contribution < -0.4 is 5.46 Å². The predicted octanol–water partition coefficient (Wildman–Crippen LogP) is 0.174. The van der Waals surface area contributed by atoms with Crippen molar-refractivity contribution in [2.24, 2.45) is 0 Å². The number of rotatable bonds is 3. The smallest absolute Gasteiger partial charge is 0.423 e. The van der Waals surface area contributed by atoms with E-state index in [2.05, 4.69) is 0 Å². The highest BCUT2D eigenvalue weighted by Crippen LogP contribution is 2.05. The highest BCUT2D eigenvalue weighted by atomic mass is 19.3. The van der Waals surface area contributed by atoms with Crippen LogP contribution in [-0.4, -0.2) is 23.6 Å². The molecule has 0 heterocycles. The molecule has 0 fully saturated rings. The van der Waals surface area contributed by atoms with Gasteiger partial charge in [0.1, 0.15) is 0 Å². The lowest BCUT2D eigenvalue weighted by molar-refractivity contribution is 0.149. The first-order valence-corrected chi connectivity index (χ1v) is 3.82. The lowest BCUT2D eigenvalue weighted by Gasteiger charge is -2.03. The second-order valence-electron chi connectivity index (χ2n) is 2.71. The van der Waals surface area contributed by atoms with Crippen molar-refractivity contribution in [1.29, 1.82) is 0 Å². The minimum Gasteiger partial charge on any atom is -0.423 e. The zero-order valence-corrected chi connectivity index (χ0v) is 6.82. The Balaban J connectivity index is 2.79. The van der Waals surface area contributed by atoms with E-state index in [0.29, 0.717) is 5.56 Å². The van der Waals surface area contributed by atoms with E-state index in [0.717, 1.165) is 0 Å². The molecule has 0 spiro atoms. The van der Waals surface area contributed by atoms with E-state index in [9.17, 15) is 8.78 Å². The van der Waals surface area contributed by atoms with Gasteiger partial charge in [0.05, 0.1) is 0 Å². The molecule has 0 atom stereocenters. The molecule has 0 aliphatic carbocycles. The van der Waals surface area contributed by atoms with Crippen molar-refractivity contribution in [2.75, 3.05) is 0 Å². The number of halogens is 2. The highest BCUT2D eigenvalue weighted by Gasteiger charge is 2.12. The van der Waals surface area contributed by atoms with Crippen LogP contribution in [-0.2, 0) is 6.42 Å². The van der Waals surface area contributed by atoms with Gasteiger partial charge in [0.2, 0.25) is 6.43 Å². The lowest BCUT2D eigenvalue weighted by atomic mass is 9.79. The zero-order valence-electron chi connectivity index (χ0n) is 6.82. The van der Waals surface area contributed by atoms with Gasteiger partial charge in [-0.1, -0.05) is 24.3 Å². The maximum absolute atomic E-state index is 11.9. The molecule has 0 bridgehead atoms. The summed E-state index contributed by atoms with van der Waals surface area (Å²) in [6.07, 6.45) is -2.77. The Morgan fingerprint density at radius 3 is 2.54 bits per heavy atom. The first-order valence-electron chi connectivity index (χ1n) is 3.82. The van der Waals surface area contributed by atoms with Crippen LogP contribution in [0.1, 0.15) is 5.56 Å². The third-order valence-corrected chi connectivity index (χ3v) is 1.64. The third-order valence-electron chi connectivity index (χ3n) is 1.64. The van der Waals surface area contributed by atoms with Crippen LogP contribution in [0.4, 0.5) is 8.78 Å². The van der Waals surface area contributed by atoms with Crippen molar-refractivity contribution < 1.29 is 18.8 Å². The Hall–Kier alpha value is -0.935. The van der Waals surface area contributed by atoms with Gasteiger partial charge in [-0.25, -0.2) is 8.78 Å². The van der Waals surface area contributed by atoms with Crippen LogP contribution in [0.15, 0.2) is 24.3 Å². The van der Waals surface area contributed by atoms with Crippen molar-refractivity contribution in [3.63, 3.8) is 0 Å². The molecule has 0 aliphatic rings. The summed E-state index contributed by atoms with van der Waals surface area (Å²) in [7, 11) is -1.60. The minimum absolute atomic E-state index is 0.234. The largest absolute Gasteiger partial charge is 0.488 e. The number of hydrogen-bond acceptors (Lipinski definition) is 2.